The molecule has 0 saturated carbocycles. The van der Waals surface area contributed by atoms with Crippen LogP contribution in [0.3, 0.4) is 0 Å². The van der Waals surface area contributed by atoms with Gasteiger partial charge in [-0.15, -0.1) is 0 Å². The first kappa shape index (κ1) is 25.1. The molecule has 3 rings (SSSR count). The lowest BCUT2D eigenvalue weighted by molar-refractivity contribution is -0.157. The predicted octanol–water partition coefficient (Wildman–Crippen LogP) is 4.26. The number of alkyl halides is 2. The summed E-state index contributed by atoms with van der Waals surface area (Å²) in [4.78, 5) is 38.0. The summed E-state index contributed by atoms with van der Waals surface area (Å²) in [6.45, 7) is 4.04. The van der Waals surface area contributed by atoms with Crippen molar-refractivity contribution in [1.82, 2.24) is 10.2 Å². The van der Waals surface area contributed by atoms with Crippen LogP contribution in [-0.2, 0) is 14.3 Å². The second-order valence-electron chi connectivity index (χ2n) is 8.60. The number of rotatable bonds is 9. The fourth-order valence-corrected chi connectivity index (χ4v) is 4.31. The topological polar surface area (TPSA) is 95.9 Å². The average Bonchev–Trinajstić information content (AvgIpc) is 3.11. The Bertz CT molecular complexity index is 1030. The number of benzene rings is 2. The van der Waals surface area contributed by atoms with Gasteiger partial charge in [0.15, 0.2) is 0 Å². The Labute approximate surface area is 196 Å². The Morgan fingerprint density at radius 3 is 2.06 bits per heavy atom. The third-order valence-electron chi connectivity index (χ3n) is 6.13. The number of likely N-dealkylation sites (N-methyl/N-ethyl adjacent to an activating group) is 1. The monoisotopic (exact) mass is 474 g/mol. The summed E-state index contributed by atoms with van der Waals surface area (Å²) in [5, 5.41) is 11.7. The van der Waals surface area contributed by atoms with Crippen molar-refractivity contribution in [2.24, 2.45) is 0 Å². The number of nitrogens with one attached hydrogen (secondary N) is 1. The third kappa shape index (κ3) is 5.03. The van der Waals surface area contributed by atoms with Crippen molar-refractivity contribution in [3.05, 3.63) is 59.7 Å². The summed E-state index contributed by atoms with van der Waals surface area (Å²) in [6.07, 6.45) is -4.88. The van der Waals surface area contributed by atoms with Crippen molar-refractivity contribution in [2.45, 2.75) is 51.1 Å². The maximum Gasteiger partial charge on any atom is 0.407 e. The van der Waals surface area contributed by atoms with E-state index >= 15 is 0 Å². The van der Waals surface area contributed by atoms with Crippen LogP contribution in [0, 0.1) is 0 Å². The number of halogens is 2. The van der Waals surface area contributed by atoms with E-state index in [0.717, 1.165) is 27.2 Å². The van der Waals surface area contributed by atoms with Crippen LogP contribution in [0.5, 0.6) is 0 Å². The highest BCUT2D eigenvalue weighted by molar-refractivity contribution is 5.91. The van der Waals surface area contributed by atoms with Crippen LogP contribution >= 0.6 is 0 Å². The van der Waals surface area contributed by atoms with Crippen LogP contribution in [0.15, 0.2) is 48.5 Å². The summed E-state index contributed by atoms with van der Waals surface area (Å²) in [6, 6.07) is 13.8. The average molecular weight is 475 g/mol. The molecule has 7 nitrogen and oxygen atoms in total. The normalized spacial score (nSPS) is 13.7. The first-order valence-electron chi connectivity index (χ1n) is 11.0. The molecule has 0 heterocycles. The summed E-state index contributed by atoms with van der Waals surface area (Å²) in [5.41, 5.74) is 2.39. The van der Waals surface area contributed by atoms with E-state index < -0.39 is 42.4 Å². The molecule has 1 unspecified atom stereocenters. The predicted molar refractivity (Wildman–Crippen MR) is 122 cm³/mol. The van der Waals surface area contributed by atoms with Gasteiger partial charge in [-0.25, -0.2) is 18.4 Å². The summed E-state index contributed by atoms with van der Waals surface area (Å²) >= 11 is 0. The number of ether oxygens (including phenoxy) is 1. The van der Waals surface area contributed by atoms with E-state index in [0.29, 0.717) is 0 Å². The minimum atomic E-state index is -2.89. The molecule has 9 heteroatoms. The van der Waals surface area contributed by atoms with Crippen LogP contribution in [0.4, 0.5) is 13.6 Å². The maximum atomic E-state index is 13.2. The summed E-state index contributed by atoms with van der Waals surface area (Å²) < 4.78 is 31.8. The highest BCUT2D eigenvalue weighted by Crippen LogP contribution is 2.44. The van der Waals surface area contributed by atoms with Gasteiger partial charge in [0, 0.05) is 18.9 Å². The van der Waals surface area contributed by atoms with Gasteiger partial charge in [-0.3, -0.25) is 4.79 Å². The second kappa shape index (κ2) is 10.2. The minimum absolute atomic E-state index is 0.0375. The Morgan fingerprint density at radius 2 is 1.59 bits per heavy atom. The van der Waals surface area contributed by atoms with E-state index in [9.17, 15) is 28.3 Å². The molecule has 1 aliphatic carbocycles. The lowest BCUT2D eigenvalue weighted by Gasteiger charge is -2.36. The van der Waals surface area contributed by atoms with Gasteiger partial charge in [0.05, 0.1) is 0 Å². The SMILES string of the molecule is CCN(C(=O)C(CC(F)F)NC(=O)OCC1c2ccccc2-c2ccccc21)C(C)(C)C(=O)O. The molecular formula is C25H28F2N2O5. The second-order valence-corrected chi connectivity index (χ2v) is 8.60. The molecule has 0 fully saturated rings. The Hall–Kier alpha value is -3.49. The van der Waals surface area contributed by atoms with Crippen molar-refractivity contribution < 1.29 is 33.0 Å². The van der Waals surface area contributed by atoms with Crippen molar-refractivity contribution >= 4 is 18.0 Å². The van der Waals surface area contributed by atoms with Crippen molar-refractivity contribution in [3.63, 3.8) is 0 Å². The van der Waals surface area contributed by atoms with Crippen LogP contribution in [0.1, 0.15) is 44.2 Å². The number of hydrogen-bond donors (Lipinski definition) is 2. The first-order chi connectivity index (χ1) is 16.1. The van der Waals surface area contributed by atoms with Gasteiger partial charge < -0.3 is 20.1 Å². The van der Waals surface area contributed by atoms with E-state index in [1.807, 2.05) is 48.5 Å². The Balaban J connectivity index is 1.74. The highest BCUT2D eigenvalue weighted by Gasteiger charge is 2.41. The molecule has 2 N–H and O–H groups in total. The molecule has 34 heavy (non-hydrogen) atoms. The van der Waals surface area contributed by atoms with Gasteiger partial charge in [0.2, 0.25) is 12.3 Å². The number of carboxylic acids is 1. The van der Waals surface area contributed by atoms with Crippen LogP contribution in [-0.4, -0.2) is 59.1 Å². The van der Waals surface area contributed by atoms with Gasteiger partial charge >= 0.3 is 12.1 Å². The molecule has 0 spiro atoms. The van der Waals surface area contributed by atoms with Gasteiger partial charge in [-0.05, 0) is 43.0 Å². The van der Waals surface area contributed by atoms with Gasteiger partial charge in [0.25, 0.3) is 0 Å². The van der Waals surface area contributed by atoms with Gasteiger partial charge in [-0.1, -0.05) is 48.5 Å². The molecule has 0 radical (unpaired) electrons. The molecule has 0 saturated heterocycles. The largest absolute Gasteiger partial charge is 0.480 e. The fourth-order valence-electron chi connectivity index (χ4n) is 4.31. The number of hydrogen-bond acceptors (Lipinski definition) is 4. The lowest BCUT2D eigenvalue weighted by atomic mass is 9.98. The first-order valence-corrected chi connectivity index (χ1v) is 11.0. The Kier molecular flexibility index (Phi) is 7.54. The zero-order valence-corrected chi connectivity index (χ0v) is 19.3. The molecule has 0 aliphatic heterocycles. The minimum Gasteiger partial charge on any atom is -0.480 e. The van der Waals surface area contributed by atoms with Crippen molar-refractivity contribution in [2.75, 3.05) is 13.2 Å². The van der Waals surface area contributed by atoms with E-state index in [1.165, 1.54) is 20.8 Å². The number of amides is 2. The van der Waals surface area contributed by atoms with Crippen LogP contribution < -0.4 is 5.32 Å². The van der Waals surface area contributed by atoms with Crippen LogP contribution in [0.2, 0.25) is 0 Å². The molecule has 0 aromatic heterocycles. The molecule has 1 aliphatic rings. The van der Waals surface area contributed by atoms with E-state index in [-0.39, 0.29) is 19.1 Å². The standard InChI is InChI=1S/C25H28F2N2O5/c1-4-29(25(2,3)23(31)32)22(30)20(13-21(26)27)28-24(33)34-14-19-17-11-7-5-9-15(17)16-10-6-8-12-18(16)19/h5-12,19-21H,4,13-14H2,1-3H3,(H,28,33)(H,31,32). The molecule has 1 atom stereocenters. The number of carboxylic acid groups (broad SMARTS) is 1. The van der Waals surface area contributed by atoms with Crippen molar-refractivity contribution in [3.8, 4) is 11.1 Å². The molecule has 182 valence electrons. The molecular weight excluding hydrogens is 446 g/mol. The number of carbonyl (C=O) groups excluding carboxylic acids is 2. The Morgan fingerprint density at radius 1 is 1.06 bits per heavy atom. The highest BCUT2D eigenvalue weighted by atomic mass is 19.3. The van der Waals surface area contributed by atoms with E-state index in [2.05, 4.69) is 5.32 Å². The summed E-state index contributed by atoms with van der Waals surface area (Å²) in [7, 11) is 0. The quantitative estimate of drug-likeness (QED) is 0.566. The number of fused-ring (bicyclic) bond motifs is 3. The van der Waals surface area contributed by atoms with Gasteiger partial charge in [0.1, 0.15) is 18.2 Å². The van der Waals surface area contributed by atoms with Crippen LogP contribution in [0.25, 0.3) is 11.1 Å². The molecule has 2 amide bonds. The maximum absolute atomic E-state index is 13.2. The number of nitrogens with zero attached hydrogens (tertiary/aromatic N) is 1. The smallest absolute Gasteiger partial charge is 0.407 e. The number of alkyl carbamates (subject to hydrolysis) is 1. The lowest BCUT2D eigenvalue weighted by Crippen LogP contribution is -2.59. The molecule has 2 aromatic rings. The zero-order chi connectivity index (χ0) is 25.0. The third-order valence-corrected chi connectivity index (χ3v) is 6.13. The fraction of sp³-hybridized carbons (Fsp3) is 0.400. The van der Waals surface area contributed by atoms with E-state index in [1.54, 1.807) is 0 Å². The number of aliphatic carboxylic acids is 1. The summed E-state index contributed by atoms with van der Waals surface area (Å²) in [5.74, 6) is -2.44. The molecule has 0 bridgehead atoms. The van der Waals surface area contributed by atoms with E-state index in [4.69, 9.17) is 4.74 Å². The number of carbonyl (C=O) groups is 3. The molecule has 2 aromatic carbocycles. The van der Waals surface area contributed by atoms with Crippen molar-refractivity contribution in [1.29, 1.82) is 0 Å². The van der Waals surface area contributed by atoms with Gasteiger partial charge in [-0.2, -0.15) is 0 Å². The zero-order valence-electron chi connectivity index (χ0n) is 19.3.